The Morgan fingerprint density at radius 3 is 2.57 bits per heavy atom. The Labute approximate surface area is 138 Å². The summed E-state index contributed by atoms with van der Waals surface area (Å²) in [7, 11) is 1.88. The van der Waals surface area contributed by atoms with Gasteiger partial charge in [0, 0.05) is 31.0 Å². The van der Waals surface area contributed by atoms with Crippen LogP contribution in [0.2, 0.25) is 0 Å². The van der Waals surface area contributed by atoms with E-state index in [0.29, 0.717) is 19.0 Å². The SMILES string of the molecule is CN(CC(=O)Nc1ccc(N2CCCC2)cc1)CC(O)C1CC1. The van der Waals surface area contributed by atoms with Crippen LogP contribution in [0.1, 0.15) is 25.7 Å². The number of hydrogen-bond donors (Lipinski definition) is 2. The van der Waals surface area contributed by atoms with Crippen LogP contribution in [0.3, 0.4) is 0 Å². The van der Waals surface area contributed by atoms with Gasteiger partial charge >= 0.3 is 0 Å². The molecule has 3 rings (SSSR count). The third-order valence-electron chi connectivity index (χ3n) is 4.70. The van der Waals surface area contributed by atoms with Gasteiger partial charge in [-0.1, -0.05) is 0 Å². The molecule has 5 nitrogen and oxygen atoms in total. The number of carbonyl (C=O) groups is 1. The van der Waals surface area contributed by atoms with Crippen molar-refractivity contribution in [3.63, 3.8) is 0 Å². The molecule has 1 aromatic rings. The van der Waals surface area contributed by atoms with Gasteiger partial charge in [0.05, 0.1) is 12.6 Å². The summed E-state index contributed by atoms with van der Waals surface area (Å²) in [5.41, 5.74) is 2.05. The van der Waals surface area contributed by atoms with Crippen molar-refractivity contribution in [2.75, 3.05) is 43.4 Å². The minimum absolute atomic E-state index is 0.0376. The van der Waals surface area contributed by atoms with E-state index in [2.05, 4.69) is 22.3 Å². The third-order valence-corrected chi connectivity index (χ3v) is 4.70. The molecule has 0 aromatic heterocycles. The van der Waals surface area contributed by atoms with Crippen molar-refractivity contribution >= 4 is 17.3 Å². The van der Waals surface area contributed by atoms with E-state index >= 15 is 0 Å². The lowest BCUT2D eigenvalue weighted by atomic mass is 10.2. The van der Waals surface area contributed by atoms with Crippen LogP contribution in [0.5, 0.6) is 0 Å². The summed E-state index contributed by atoms with van der Waals surface area (Å²) >= 11 is 0. The van der Waals surface area contributed by atoms with Crippen LogP contribution in [0.4, 0.5) is 11.4 Å². The van der Waals surface area contributed by atoms with Gasteiger partial charge in [-0.05, 0) is 62.9 Å². The van der Waals surface area contributed by atoms with Crippen LogP contribution in [0.25, 0.3) is 0 Å². The van der Waals surface area contributed by atoms with Crippen molar-refractivity contribution in [3.05, 3.63) is 24.3 Å². The lowest BCUT2D eigenvalue weighted by Gasteiger charge is -2.20. The fraction of sp³-hybridized carbons (Fsp3) is 0.611. The average Bonchev–Trinajstić information content (AvgIpc) is 3.23. The number of anilines is 2. The van der Waals surface area contributed by atoms with Crippen LogP contribution in [0.15, 0.2) is 24.3 Å². The molecule has 1 aliphatic heterocycles. The van der Waals surface area contributed by atoms with Crippen LogP contribution in [0, 0.1) is 5.92 Å². The molecule has 1 saturated carbocycles. The summed E-state index contributed by atoms with van der Waals surface area (Å²) in [6.07, 6.45) is 4.46. The molecule has 2 fully saturated rings. The molecule has 0 spiro atoms. The third kappa shape index (κ3) is 4.69. The van der Waals surface area contributed by atoms with E-state index in [4.69, 9.17) is 0 Å². The summed E-state index contributed by atoms with van der Waals surface area (Å²) in [5, 5.41) is 12.8. The van der Waals surface area contributed by atoms with Gasteiger partial charge in [-0.3, -0.25) is 9.69 Å². The van der Waals surface area contributed by atoms with Gasteiger partial charge in [0.2, 0.25) is 5.91 Å². The molecule has 0 radical (unpaired) electrons. The van der Waals surface area contributed by atoms with Gasteiger partial charge in [-0.25, -0.2) is 0 Å². The normalized spacial score (nSPS) is 19.2. The topological polar surface area (TPSA) is 55.8 Å². The van der Waals surface area contributed by atoms with Crippen molar-refractivity contribution in [1.29, 1.82) is 0 Å². The minimum Gasteiger partial charge on any atom is -0.392 e. The standard InChI is InChI=1S/C18H27N3O2/c1-20(12-17(22)14-4-5-14)13-18(23)19-15-6-8-16(9-7-15)21-10-2-3-11-21/h6-9,14,17,22H,2-5,10-13H2,1H3,(H,19,23). The monoisotopic (exact) mass is 317 g/mol. The number of aliphatic hydroxyl groups is 1. The molecule has 1 saturated heterocycles. The Balaban J connectivity index is 1.45. The molecule has 1 aromatic carbocycles. The minimum atomic E-state index is -0.299. The predicted octanol–water partition coefficient (Wildman–Crippen LogP) is 1.93. The number of carbonyl (C=O) groups excluding carboxylic acids is 1. The maximum atomic E-state index is 12.1. The molecule has 1 amide bonds. The van der Waals surface area contributed by atoms with Gasteiger partial charge in [-0.15, -0.1) is 0 Å². The van der Waals surface area contributed by atoms with Crippen molar-refractivity contribution < 1.29 is 9.90 Å². The van der Waals surface area contributed by atoms with Crippen molar-refractivity contribution in [1.82, 2.24) is 4.90 Å². The lowest BCUT2D eigenvalue weighted by Crippen LogP contribution is -2.36. The van der Waals surface area contributed by atoms with Gasteiger partial charge in [-0.2, -0.15) is 0 Å². The van der Waals surface area contributed by atoms with E-state index in [1.54, 1.807) is 0 Å². The summed E-state index contributed by atoms with van der Waals surface area (Å²) in [5.74, 6) is 0.406. The van der Waals surface area contributed by atoms with Gasteiger partial charge in [0.1, 0.15) is 0 Å². The number of nitrogens with zero attached hydrogens (tertiary/aromatic N) is 2. The average molecular weight is 317 g/mol. The van der Waals surface area contributed by atoms with Crippen LogP contribution >= 0.6 is 0 Å². The van der Waals surface area contributed by atoms with Crippen LogP contribution < -0.4 is 10.2 Å². The number of aliphatic hydroxyl groups excluding tert-OH is 1. The molecule has 23 heavy (non-hydrogen) atoms. The molecule has 1 atom stereocenters. The number of rotatable bonds is 7. The quantitative estimate of drug-likeness (QED) is 0.807. The molecule has 1 heterocycles. The zero-order chi connectivity index (χ0) is 16.2. The maximum absolute atomic E-state index is 12.1. The molecular weight excluding hydrogens is 290 g/mol. The predicted molar refractivity (Wildman–Crippen MR) is 92.7 cm³/mol. The van der Waals surface area contributed by atoms with E-state index in [9.17, 15) is 9.90 Å². The first kappa shape index (κ1) is 16.3. The van der Waals surface area contributed by atoms with Crippen molar-refractivity contribution in [2.45, 2.75) is 31.8 Å². The second kappa shape index (κ2) is 7.32. The van der Waals surface area contributed by atoms with Crippen LogP contribution in [-0.2, 0) is 4.79 Å². The molecule has 1 unspecified atom stereocenters. The molecule has 2 aliphatic rings. The van der Waals surface area contributed by atoms with Gasteiger partial charge in [0.15, 0.2) is 0 Å². The second-order valence-electron chi connectivity index (χ2n) is 6.89. The van der Waals surface area contributed by atoms with Gasteiger partial charge < -0.3 is 15.3 Å². The first-order valence-electron chi connectivity index (χ1n) is 8.63. The highest BCUT2D eigenvalue weighted by molar-refractivity contribution is 5.92. The first-order chi connectivity index (χ1) is 11.1. The first-order valence-corrected chi connectivity index (χ1v) is 8.63. The summed E-state index contributed by atoms with van der Waals surface area (Å²) in [6, 6.07) is 8.07. The van der Waals surface area contributed by atoms with Crippen molar-refractivity contribution in [2.24, 2.45) is 5.92 Å². The van der Waals surface area contributed by atoms with E-state index in [1.807, 2.05) is 24.1 Å². The fourth-order valence-electron chi connectivity index (χ4n) is 3.19. The largest absolute Gasteiger partial charge is 0.392 e. The van der Waals surface area contributed by atoms with Gasteiger partial charge in [0.25, 0.3) is 0 Å². The second-order valence-corrected chi connectivity index (χ2v) is 6.89. The Hall–Kier alpha value is -1.59. The molecule has 5 heteroatoms. The lowest BCUT2D eigenvalue weighted by molar-refractivity contribution is -0.117. The Kier molecular flexibility index (Phi) is 5.18. The van der Waals surface area contributed by atoms with Crippen LogP contribution in [-0.4, -0.2) is 55.2 Å². The zero-order valence-corrected chi connectivity index (χ0v) is 13.9. The van der Waals surface area contributed by atoms with E-state index in [1.165, 1.54) is 18.5 Å². The Morgan fingerprint density at radius 1 is 1.30 bits per heavy atom. The number of amides is 1. The molecule has 2 N–H and O–H groups in total. The summed E-state index contributed by atoms with van der Waals surface area (Å²) < 4.78 is 0. The maximum Gasteiger partial charge on any atom is 0.238 e. The van der Waals surface area contributed by atoms with E-state index in [0.717, 1.165) is 31.6 Å². The Morgan fingerprint density at radius 2 is 1.96 bits per heavy atom. The number of nitrogens with one attached hydrogen (secondary N) is 1. The van der Waals surface area contributed by atoms with Crippen molar-refractivity contribution in [3.8, 4) is 0 Å². The fourth-order valence-corrected chi connectivity index (χ4v) is 3.19. The highest BCUT2D eigenvalue weighted by atomic mass is 16.3. The molecule has 1 aliphatic carbocycles. The summed E-state index contributed by atoms with van der Waals surface area (Å²) in [6.45, 7) is 3.11. The zero-order valence-electron chi connectivity index (χ0n) is 13.9. The molecular formula is C18H27N3O2. The highest BCUT2D eigenvalue weighted by Crippen LogP contribution is 2.32. The number of hydrogen-bond acceptors (Lipinski definition) is 4. The summed E-state index contributed by atoms with van der Waals surface area (Å²) in [4.78, 5) is 16.3. The highest BCUT2D eigenvalue weighted by Gasteiger charge is 2.30. The van der Waals surface area contributed by atoms with E-state index < -0.39 is 0 Å². The molecule has 0 bridgehead atoms. The number of benzene rings is 1. The Bertz CT molecular complexity index is 522. The molecule has 126 valence electrons. The smallest absolute Gasteiger partial charge is 0.238 e. The van der Waals surface area contributed by atoms with E-state index in [-0.39, 0.29) is 12.0 Å². The number of likely N-dealkylation sites (N-methyl/N-ethyl adjacent to an activating group) is 1.